The predicted octanol–water partition coefficient (Wildman–Crippen LogP) is 4.01. The zero-order valence-corrected chi connectivity index (χ0v) is 27.4. The van der Waals surface area contributed by atoms with Crippen LogP contribution in [0.3, 0.4) is 0 Å². The number of aromatic nitrogens is 4. The summed E-state index contributed by atoms with van der Waals surface area (Å²) in [7, 11) is 0. The van der Waals surface area contributed by atoms with Gasteiger partial charge in [-0.15, -0.1) is 10.2 Å². The molecule has 3 aromatic rings. The van der Waals surface area contributed by atoms with E-state index in [-0.39, 0.29) is 13.2 Å². The van der Waals surface area contributed by atoms with Crippen molar-refractivity contribution in [2.45, 2.75) is 69.5 Å². The number of nitrogens with zero attached hydrogens (tertiary/aromatic N) is 6. The first-order valence-electron chi connectivity index (χ1n) is 15.9. The van der Waals surface area contributed by atoms with Crippen molar-refractivity contribution in [3.05, 3.63) is 71.8 Å². The van der Waals surface area contributed by atoms with Crippen LogP contribution in [-0.4, -0.2) is 98.2 Å². The second-order valence-electron chi connectivity index (χ2n) is 11.6. The Kier molecular flexibility index (Phi) is 12.4. The number of hydrogen-bond acceptors (Lipinski definition) is 10. The van der Waals surface area contributed by atoms with E-state index in [0.717, 1.165) is 73.3 Å². The number of nitrogens with one attached hydrogen (secondary N) is 1. The lowest BCUT2D eigenvalue weighted by Gasteiger charge is -2.37. The molecule has 1 aliphatic heterocycles. The molecule has 11 heteroatoms. The maximum absolute atomic E-state index is 10.1. The van der Waals surface area contributed by atoms with Crippen LogP contribution in [0.1, 0.15) is 50.1 Å². The number of hydrogen-bond donors (Lipinski definition) is 2. The topological polar surface area (TPSA) is 101 Å². The van der Waals surface area contributed by atoms with Crippen molar-refractivity contribution in [2.24, 2.45) is 0 Å². The molecular weight excluding hydrogens is 586 g/mol. The molecule has 2 atom stereocenters. The molecule has 1 aliphatic carbocycles. The highest BCUT2D eigenvalue weighted by Gasteiger charge is 2.20. The standard InChI is InChI=1S/C34H45N7O3S/c1-26(2)40-20-18-39(19-21-40)17-16-36-34(42)43-22-8-9-28-13-14-30(23-27(28)3)44-25-32-37-38-33(45-31-11-5-4-6-12-31)41(32)29-10-7-15-35-24-29/h5,7,10-11,13-15,23-24,26,31,34,36,42H,4,6,12,16-22,25H2,1-3H3. The molecule has 0 bridgehead atoms. The highest BCUT2D eigenvalue weighted by Crippen LogP contribution is 2.31. The molecule has 2 aromatic heterocycles. The Hall–Kier alpha value is -3.24. The number of aryl methyl sites for hydroxylation is 1. The Balaban J connectivity index is 1.09. The van der Waals surface area contributed by atoms with E-state index in [2.05, 4.69) is 68.1 Å². The van der Waals surface area contributed by atoms with Gasteiger partial charge in [0, 0.05) is 62.3 Å². The minimum atomic E-state index is -1.04. The van der Waals surface area contributed by atoms with E-state index in [4.69, 9.17) is 9.47 Å². The molecule has 45 heavy (non-hydrogen) atoms. The quantitative estimate of drug-likeness (QED) is 0.164. The lowest BCUT2D eigenvalue weighted by Crippen LogP contribution is -2.50. The summed E-state index contributed by atoms with van der Waals surface area (Å²) < 4.78 is 13.6. The van der Waals surface area contributed by atoms with Gasteiger partial charge in [-0.1, -0.05) is 35.8 Å². The van der Waals surface area contributed by atoms with E-state index >= 15 is 0 Å². The third kappa shape index (κ3) is 9.87. The highest BCUT2D eigenvalue weighted by molar-refractivity contribution is 7.99. The zero-order chi connectivity index (χ0) is 31.4. The number of aliphatic hydroxyl groups excluding tert-OH is 1. The summed E-state index contributed by atoms with van der Waals surface area (Å²) in [6.07, 6.45) is 10.5. The molecule has 2 unspecified atom stereocenters. The van der Waals surface area contributed by atoms with Gasteiger partial charge in [0.15, 0.2) is 11.0 Å². The van der Waals surface area contributed by atoms with Gasteiger partial charge in [-0.05, 0) is 75.9 Å². The number of thioether (sulfide) groups is 1. The summed E-state index contributed by atoms with van der Waals surface area (Å²) in [6.45, 7) is 12.7. The number of benzene rings is 1. The van der Waals surface area contributed by atoms with E-state index in [9.17, 15) is 5.11 Å². The van der Waals surface area contributed by atoms with Crippen LogP contribution < -0.4 is 10.1 Å². The van der Waals surface area contributed by atoms with Gasteiger partial charge in [0.05, 0.1) is 11.9 Å². The maximum Gasteiger partial charge on any atom is 0.214 e. The summed E-state index contributed by atoms with van der Waals surface area (Å²) in [5.74, 6) is 7.58. The highest BCUT2D eigenvalue weighted by atomic mass is 32.2. The van der Waals surface area contributed by atoms with Crippen LogP contribution in [0.15, 0.2) is 60.0 Å². The lowest BCUT2D eigenvalue weighted by atomic mass is 10.1. The molecule has 1 aromatic carbocycles. The van der Waals surface area contributed by atoms with E-state index in [1.54, 1.807) is 18.0 Å². The molecule has 2 N–H and O–H groups in total. The summed E-state index contributed by atoms with van der Waals surface area (Å²) >= 11 is 1.73. The summed E-state index contributed by atoms with van der Waals surface area (Å²) in [4.78, 5) is 9.21. The number of aliphatic hydroxyl groups is 1. The van der Waals surface area contributed by atoms with Gasteiger partial charge in [-0.25, -0.2) is 0 Å². The first-order chi connectivity index (χ1) is 22.0. The smallest absolute Gasteiger partial charge is 0.214 e. The zero-order valence-electron chi connectivity index (χ0n) is 26.6. The molecule has 0 radical (unpaired) electrons. The number of rotatable bonds is 13. The fourth-order valence-electron chi connectivity index (χ4n) is 5.40. The fraction of sp³-hybridized carbons (Fsp3) is 0.500. The molecular formula is C34H45N7O3S. The minimum absolute atomic E-state index is 0.125. The van der Waals surface area contributed by atoms with Crippen molar-refractivity contribution in [3.63, 3.8) is 0 Å². The molecule has 1 fully saturated rings. The molecule has 0 amide bonds. The van der Waals surface area contributed by atoms with Crippen molar-refractivity contribution >= 4 is 11.8 Å². The third-order valence-electron chi connectivity index (χ3n) is 8.06. The fourth-order valence-corrected chi connectivity index (χ4v) is 6.55. The molecule has 3 heterocycles. The number of allylic oxidation sites excluding steroid dienone is 1. The average Bonchev–Trinajstić information content (AvgIpc) is 3.46. The SMILES string of the molecule is Cc1cc(OCc2nnc(SC3C=CCCC3)n2-c2cccnc2)ccc1C#CCOC(O)NCCN1CCN(C(C)C)CC1. The van der Waals surface area contributed by atoms with Crippen LogP contribution in [0, 0.1) is 18.8 Å². The van der Waals surface area contributed by atoms with Crippen LogP contribution in [0.25, 0.3) is 5.69 Å². The lowest BCUT2D eigenvalue weighted by molar-refractivity contribution is -0.109. The Morgan fingerprint density at radius 1 is 1.16 bits per heavy atom. The van der Waals surface area contributed by atoms with Crippen LogP contribution in [-0.2, 0) is 11.3 Å². The van der Waals surface area contributed by atoms with Gasteiger partial charge in [0.1, 0.15) is 19.0 Å². The van der Waals surface area contributed by atoms with Crippen molar-refractivity contribution in [1.29, 1.82) is 0 Å². The van der Waals surface area contributed by atoms with E-state index < -0.39 is 6.41 Å². The van der Waals surface area contributed by atoms with Gasteiger partial charge < -0.3 is 14.6 Å². The van der Waals surface area contributed by atoms with Gasteiger partial charge in [-0.3, -0.25) is 24.7 Å². The molecule has 240 valence electrons. The van der Waals surface area contributed by atoms with Crippen molar-refractivity contribution < 1.29 is 14.6 Å². The Labute approximate surface area is 271 Å². The van der Waals surface area contributed by atoms with E-state index in [1.165, 1.54) is 6.42 Å². The normalized spacial score (nSPS) is 18.1. The number of ether oxygens (including phenoxy) is 2. The molecule has 2 aliphatic rings. The molecule has 0 spiro atoms. The van der Waals surface area contributed by atoms with Gasteiger partial charge in [0.2, 0.25) is 6.41 Å². The molecule has 10 nitrogen and oxygen atoms in total. The second kappa shape index (κ2) is 16.9. The molecule has 5 rings (SSSR count). The first kappa shape index (κ1) is 33.1. The minimum Gasteiger partial charge on any atom is -0.486 e. The molecule has 1 saturated heterocycles. The first-order valence-corrected chi connectivity index (χ1v) is 16.7. The van der Waals surface area contributed by atoms with Crippen molar-refractivity contribution in [2.75, 3.05) is 45.9 Å². The van der Waals surface area contributed by atoms with Crippen molar-refractivity contribution in [3.8, 4) is 23.3 Å². The largest absolute Gasteiger partial charge is 0.486 e. The van der Waals surface area contributed by atoms with E-state index in [0.29, 0.717) is 23.7 Å². The van der Waals surface area contributed by atoms with Gasteiger partial charge in [-0.2, -0.15) is 0 Å². The monoisotopic (exact) mass is 631 g/mol. The van der Waals surface area contributed by atoms with Crippen LogP contribution >= 0.6 is 11.8 Å². The third-order valence-corrected chi connectivity index (χ3v) is 9.23. The van der Waals surface area contributed by atoms with Crippen LogP contribution in [0.4, 0.5) is 0 Å². The summed E-state index contributed by atoms with van der Waals surface area (Å²) in [5.41, 5.74) is 2.78. The summed E-state index contributed by atoms with van der Waals surface area (Å²) in [6, 6.07) is 10.3. The average molecular weight is 632 g/mol. The van der Waals surface area contributed by atoms with Crippen LogP contribution in [0.2, 0.25) is 0 Å². The Morgan fingerprint density at radius 2 is 2.02 bits per heavy atom. The van der Waals surface area contributed by atoms with E-state index in [1.807, 2.05) is 48.0 Å². The Bertz CT molecular complexity index is 1440. The second-order valence-corrected chi connectivity index (χ2v) is 12.8. The molecule has 0 saturated carbocycles. The number of piperazine rings is 1. The number of pyridine rings is 1. The maximum atomic E-state index is 10.1. The van der Waals surface area contributed by atoms with Crippen LogP contribution in [0.5, 0.6) is 5.75 Å². The summed E-state index contributed by atoms with van der Waals surface area (Å²) in [5, 5.41) is 23.4. The van der Waals surface area contributed by atoms with Gasteiger partial charge in [0.25, 0.3) is 0 Å². The predicted molar refractivity (Wildman–Crippen MR) is 177 cm³/mol. The Morgan fingerprint density at radius 3 is 2.76 bits per heavy atom. The van der Waals surface area contributed by atoms with Crippen molar-refractivity contribution in [1.82, 2.24) is 34.9 Å². The van der Waals surface area contributed by atoms with Gasteiger partial charge >= 0.3 is 0 Å².